The van der Waals surface area contributed by atoms with Gasteiger partial charge >= 0.3 is 91.2 Å². The van der Waals surface area contributed by atoms with E-state index in [2.05, 4.69) is 34.5 Å². The summed E-state index contributed by atoms with van der Waals surface area (Å²) in [7, 11) is 0. The average Bonchev–Trinajstić information content (AvgIpc) is 1.55. The van der Waals surface area contributed by atoms with Crippen LogP contribution in [0.1, 0.15) is 0 Å². The predicted octanol–water partition coefficient (Wildman–Crippen LogP) is 3.66. The van der Waals surface area contributed by atoms with Crippen molar-refractivity contribution in [2.75, 3.05) is 0 Å². The number of hydrogen-bond acceptors (Lipinski definition) is 0. The fourth-order valence-corrected chi connectivity index (χ4v) is 69.3. The SMILES string of the molecule is [CH3][Ge]([CH3])([CH3])[CH2][Hg][CH2][Ge]([CH3])([CH3])[CH3]. The second kappa shape index (κ2) is 5.04. The van der Waals surface area contributed by atoms with Gasteiger partial charge in [-0.25, -0.2) is 0 Å². The molecular formula is C8H22Ge2Hg. The molecule has 0 aromatic rings. The Morgan fingerprint density at radius 2 is 1.00 bits per heavy atom. The van der Waals surface area contributed by atoms with Gasteiger partial charge in [-0.3, -0.25) is 0 Å². The molecule has 0 aliphatic heterocycles. The zero-order chi connectivity index (χ0) is 9.12. The van der Waals surface area contributed by atoms with Crippen LogP contribution in [0.5, 0.6) is 0 Å². The van der Waals surface area contributed by atoms with E-state index in [-0.39, 0.29) is 24.6 Å². The molecule has 0 bridgehead atoms. The molecule has 0 aliphatic carbocycles. The van der Waals surface area contributed by atoms with E-state index < -0.39 is 26.5 Å². The first-order valence-corrected chi connectivity index (χ1v) is 28.0. The van der Waals surface area contributed by atoms with Gasteiger partial charge in [0.05, 0.1) is 0 Å². The normalized spacial score (nSPS) is 12.9. The third kappa shape index (κ3) is 12.0. The summed E-state index contributed by atoms with van der Waals surface area (Å²) in [4.78, 5) is 0. The molecule has 11 heavy (non-hydrogen) atoms. The van der Waals surface area contributed by atoms with Crippen LogP contribution in [0.4, 0.5) is 0 Å². The van der Waals surface area contributed by atoms with Crippen molar-refractivity contribution in [3.63, 3.8) is 0 Å². The van der Waals surface area contributed by atoms with E-state index in [1.807, 2.05) is 5.52 Å². The molecule has 0 N–H and O–H groups in total. The molecule has 3 heteroatoms. The quantitative estimate of drug-likeness (QED) is 0.558. The van der Waals surface area contributed by atoms with Crippen molar-refractivity contribution in [3.8, 4) is 0 Å². The molecule has 0 fully saturated rings. The maximum atomic E-state index is 2.58. The third-order valence-corrected chi connectivity index (χ3v) is 84.5. The Hall–Kier alpha value is 2.02. The minimum absolute atomic E-state index is 0.329. The van der Waals surface area contributed by atoms with Gasteiger partial charge in [0.15, 0.2) is 0 Å². The van der Waals surface area contributed by atoms with E-state index in [4.69, 9.17) is 0 Å². The van der Waals surface area contributed by atoms with Crippen molar-refractivity contribution in [2.45, 2.75) is 40.1 Å². The summed E-state index contributed by atoms with van der Waals surface area (Å²) in [5.74, 6) is 15.5. The van der Waals surface area contributed by atoms with Crippen LogP contribution in [-0.2, 0) is 24.6 Å². The van der Waals surface area contributed by atoms with Crippen molar-refractivity contribution in [3.05, 3.63) is 0 Å². The first-order chi connectivity index (χ1) is 4.71. The summed E-state index contributed by atoms with van der Waals surface area (Å²) < 4.78 is 3.62. The number of rotatable bonds is 4. The van der Waals surface area contributed by atoms with Crippen molar-refractivity contribution >= 4 is 26.5 Å². The molecule has 0 saturated heterocycles. The van der Waals surface area contributed by atoms with Gasteiger partial charge in [0.2, 0.25) is 0 Å². The van der Waals surface area contributed by atoms with Gasteiger partial charge in [-0.05, 0) is 0 Å². The van der Waals surface area contributed by atoms with Gasteiger partial charge in [0, 0.05) is 0 Å². The van der Waals surface area contributed by atoms with Crippen LogP contribution in [0.25, 0.3) is 0 Å². The van der Waals surface area contributed by atoms with Gasteiger partial charge in [0.25, 0.3) is 0 Å². The zero-order valence-corrected chi connectivity index (χ0v) is 18.8. The van der Waals surface area contributed by atoms with Gasteiger partial charge < -0.3 is 0 Å². The summed E-state index contributed by atoms with van der Waals surface area (Å²) in [5, 5.41) is 0. The summed E-state index contributed by atoms with van der Waals surface area (Å²) in [6.07, 6.45) is 0. The Kier molecular flexibility index (Phi) is 5.97. The van der Waals surface area contributed by atoms with Crippen LogP contribution in [0.15, 0.2) is 0 Å². The Bertz CT molecular complexity index is 96.2. The second-order valence-electron chi connectivity index (χ2n) is 5.97. The van der Waals surface area contributed by atoms with Crippen LogP contribution < -0.4 is 0 Å². The van der Waals surface area contributed by atoms with Crippen LogP contribution in [0.3, 0.4) is 0 Å². The van der Waals surface area contributed by atoms with E-state index in [0.717, 1.165) is 0 Å². The van der Waals surface area contributed by atoms with Gasteiger partial charge in [-0.15, -0.1) is 0 Å². The van der Waals surface area contributed by atoms with Crippen LogP contribution in [-0.4, -0.2) is 26.5 Å². The second-order valence-corrected chi connectivity index (χ2v) is 52.5. The molecule has 0 spiro atoms. The fourth-order valence-electron chi connectivity index (χ4n) is 1.15. The predicted molar refractivity (Wildman–Crippen MR) is 56.3 cm³/mol. The van der Waals surface area contributed by atoms with E-state index in [1.165, 1.54) is 0 Å². The monoisotopic (exact) mass is 468 g/mol. The Labute approximate surface area is 90.1 Å². The van der Waals surface area contributed by atoms with Crippen molar-refractivity contribution in [2.24, 2.45) is 0 Å². The Morgan fingerprint density at radius 1 is 0.727 bits per heavy atom. The minimum atomic E-state index is -1.07. The third-order valence-electron chi connectivity index (χ3n) is 1.85. The summed E-state index contributed by atoms with van der Waals surface area (Å²) in [5.41, 5.74) is 0. The van der Waals surface area contributed by atoms with E-state index in [0.29, 0.717) is 0 Å². The van der Waals surface area contributed by atoms with Crippen LogP contribution in [0.2, 0.25) is 40.1 Å². The molecule has 0 nitrogen and oxygen atoms in total. The van der Waals surface area contributed by atoms with Crippen molar-refractivity contribution in [1.29, 1.82) is 0 Å². The molecule has 0 aromatic carbocycles. The molecule has 0 aromatic heterocycles. The van der Waals surface area contributed by atoms with Gasteiger partial charge in [-0.1, -0.05) is 0 Å². The van der Waals surface area contributed by atoms with Crippen molar-refractivity contribution < 1.29 is 24.6 Å². The molecular weight excluding hydrogens is 442 g/mol. The van der Waals surface area contributed by atoms with Crippen LogP contribution >= 0.6 is 0 Å². The first kappa shape index (κ1) is 13.0. The van der Waals surface area contributed by atoms with Crippen LogP contribution in [0, 0.1) is 0 Å². The van der Waals surface area contributed by atoms with E-state index in [1.54, 1.807) is 0 Å². The average molecular weight is 464 g/mol. The topological polar surface area (TPSA) is 0 Å². The molecule has 0 amide bonds. The summed E-state index contributed by atoms with van der Waals surface area (Å²) >= 11 is -2.48. The Balaban J connectivity index is 3.44. The standard InChI is InChI=1S/2C4H11Ge.Hg/c2*1-5(2,3)4;/h2*1H2,2-4H3;. The van der Waals surface area contributed by atoms with E-state index >= 15 is 0 Å². The molecule has 64 valence electrons. The fraction of sp³-hybridized carbons (Fsp3) is 1.00. The molecule has 0 radical (unpaired) electrons. The molecule has 0 aliphatic rings. The summed E-state index contributed by atoms with van der Waals surface area (Å²) in [6, 6.07) is 0. The van der Waals surface area contributed by atoms with E-state index in [9.17, 15) is 0 Å². The summed E-state index contributed by atoms with van der Waals surface area (Å²) in [6.45, 7) is 0. The molecule has 0 saturated carbocycles. The zero-order valence-electron chi connectivity index (χ0n) is 9.12. The molecule has 0 unspecified atom stereocenters. The maximum absolute atomic E-state index is 2.58. The first-order valence-electron chi connectivity index (χ1n) is 4.71. The van der Waals surface area contributed by atoms with Gasteiger partial charge in [-0.2, -0.15) is 0 Å². The Morgan fingerprint density at radius 3 is 1.18 bits per heavy atom. The molecule has 0 atom stereocenters. The van der Waals surface area contributed by atoms with Crippen molar-refractivity contribution in [1.82, 2.24) is 0 Å². The molecule has 0 rings (SSSR count). The molecule has 0 heterocycles. The number of hydrogen-bond donors (Lipinski definition) is 0. The van der Waals surface area contributed by atoms with Gasteiger partial charge in [0.1, 0.15) is 0 Å².